The van der Waals surface area contributed by atoms with Crippen molar-refractivity contribution in [1.29, 1.82) is 0 Å². The molecule has 0 aliphatic rings. The number of aliphatic carboxylic acids is 1. The van der Waals surface area contributed by atoms with Crippen molar-refractivity contribution in [3.05, 3.63) is 77.9 Å². The number of carboxylic acids is 1. The number of hydrogen-bond acceptors (Lipinski definition) is 7. The molecule has 36 heavy (non-hydrogen) atoms. The molecule has 0 saturated heterocycles. The van der Waals surface area contributed by atoms with E-state index >= 15 is 0 Å². The van der Waals surface area contributed by atoms with Crippen molar-refractivity contribution < 1.29 is 33.7 Å². The van der Waals surface area contributed by atoms with E-state index in [4.69, 9.17) is 23.8 Å². The molecule has 8 nitrogen and oxygen atoms in total. The van der Waals surface area contributed by atoms with Gasteiger partial charge < -0.3 is 28.9 Å². The van der Waals surface area contributed by atoms with Crippen molar-refractivity contribution in [3.8, 4) is 28.7 Å². The first-order valence-electron chi connectivity index (χ1n) is 11.7. The zero-order valence-electron chi connectivity index (χ0n) is 20.7. The molecule has 0 bridgehead atoms. The summed E-state index contributed by atoms with van der Waals surface area (Å²) in [6.07, 6.45) is 0.676. The van der Waals surface area contributed by atoms with E-state index in [0.29, 0.717) is 47.5 Å². The van der Waals surface area contributed by atoms with Gasteiger partial charge in [-0.2, -0.15) is 0 Å². The molecule has 0 aliphatic carbocycles. The predicted octanol–water partition coefficient (Wildman–Crippen LogP) is 5.72. The van der Waals surface area contributed by atoms with E-state index < -0.39 is 5.97 Å². The summed E-state index contributed by atoms with van der Waals surface area (Å²) in [5, 5.41) is 13.5. The van der Waals surface area contributed by atoms with Crippen LogP contribution in [0.2, 0.25) is 0 Å². The Balaban J connectivity index is 1.80. The molecule has 3 aromatic carbocycles. The Hall–Kier alpha value is -4.20. The van der Waals surface area contributed by atoms with E-state index in [1.165, 1.54) is 0 Å². The molecule has 8 heteroatoms. The molecule has 1 N–H and O–H groups in total. The topological polar surface area (TPSA) is 95.8 Å². The van der Waals surface area contributed by atoms with Crippen LogP contribution >= 0.6 is 0 Å². The van der Waals surface area contributed by atoms with E-state index in [2.05, 4.69) is 5.16 Å². The SMILES string of the molecule is CCCO/N=C(\COc1cc(CC(=O)O)cc(OCC)c1)c1cccc(Oc2ccc(OC)cc2)c1. The van der Waals surface area contributed by atoms with Gasteiger partial charge in [0.05, 0.1) is 20.1 Å². The highest BCUT2D eigenvalue weighted by molar-refractivity contribution is 6.01. The van der Waals surface area contributed by atoms with Crippen molar-refractivity contribution >= 4 is 11.7 Å². The van der Waals surface area contributed by atoms with Crippen LogP contribution in [0.15, 0.2) is 71.9 Å². The van der Waals surface area contributed by atoms with E-state index in [9.17, 15) is 9.90 Å². The number of methoxy groups -OCH3 is 1. The third kappa shape index (κ3) is 8.23. The molecule has 0 spiro atoms. The van der Waals surface area contributed by atoms with Crippen LogP contribution in [0, 0.1) is 0 Å². The molecule has 3 rings (SSSR count). The number of hydrogen-bond donors (Lipinski definition) is 1. The first kappa shape index (κ1) is 26.4. The minimum Gasteiger partial charge on any atom is -0.497 e. The van der Waals surface area contributed by atoms with Gasteiger partial charge in [-0.05, 0) is 67.4 Å². The number of ether oxygens (including phenoxy) is 4. The standard InChI is InChI=1S/C28H31NO7/c1-4-13-35-29-27(19-34-26-15-20(16-28(30)31)14-25(18-26)33-5-2)21-7-6-8-24(17-21)36-23-11-9-22(32-3)10-12-23/h6-12,14-15,17-18H,4-5,13,16,19H2,1-3H3,(H,30,31)/b29-27+. The maximum atomic E-state index is 11.2. The lowest BCUT2D eigenvalue weighted by atomic mass is 10.1. The molecule has 0 radical (unpaired) electrons. The number of benzene rings is 3. The quantitative estimate of drug-likeness (QED) is 0.174. The summed E-state index contributed by atoms with van der Waals surface area (Å²) in [4.78, 5) is 16.7. The predicted molar refractivity (Wildman–Crippen MR) is 137 cm³/mol. The Morgan fingerprint density at radius 1 is 0.861 bits per heavy atom. The summed E-state index contributed by atoms with van der Waals surface area (Å²) >= 11 is 0. The van der Waals surface area contributed by atoms with E-state index in [-0.39, 0.29) is 13.0 Å². The van der Waals surface area contributed by atoms with Gasteiger partial charge in [0.1, 0.15) is 47.7 Å². The molecule has 3 aromatic rings. The number of rotatable bonds is 14. The molecular weight excluding hydrogens is 462 g/mol. The molecule has 0 atom stereocenters. The van der Waals surface area contributed by atoms with Crippen molar-refractivity contribution in [3.63, 3.8) is 0 Å². The smallest absolute Gasteiger partial charge is 0.307 e. The average Bonchev–Trinajstić information content (AvgIpc) is 2.86. The summed E-state index contributed by atoms with van der Waals surface area (Å²) in [5.74, 6) is 2.13. The fourth-order valence-electron chi connectivity index (χ4n) is 3.29. The van der Waals surface area contributed by atoms with Crippen LogP contribution in [0.5, 0.6) is 28.7 Å². The normalized spacial score (nSPS) is 11.0. The van der Waals surface area contributed by atoms with Crippen molar-refractivity contribution in [2.45, 2.75) is 26.7 Å². The Morgan fingerprint density at radius 3 is 2.25 bits per heavy atom. The zero-order chi connectivity index (χ0) is 25.8. The van der Waals surface area contributed by atoms with Crippen LogP contribution in [0.4, 0.5) is 0 Å². The third-order valence-corrected chi connectivity index (χ3v) is 4.91. The van der Waals surface area contributed by atoms with E-state index in [1.54, 1.807) is 25.3 Å². The van der Waals surface area contributed by atoms with E-state index in [1.807, 2.05) is 62.4 Å². The van der Waals surface area contributed by atoms with Crippen LogP contribution in [-0.2, 0) is 16.1 Å². The molecule has 0 fully saturated rings. The van der Waals surface area contributed by atoms with Gasteiger partial charge in [0.25, 0.3) is 0 Å². The second-order valence-electron chi connectivity index (χ2n) is 7.78. The number of carboxylic acid groups (broad SMARTS) is 1. The van der Waals surface area contributed by atoms with Gasteiger partial charge in [-0.25, -0.2) is 0 Å². The molecular formula is C28H31NO7. The van der Waals surface area contributed by atoms with Gasteiger partial charge in [-0.3, -0.25) is 4.79 Å². The molecule has 0 aromatic heterocycles. The second kappa shape index (κ2) is 13.6. The zero-order valence-corrected chi connectivity index (χ0v) is 20.7. The first-order chi connectivity index (χ1) is 17.5. The lowest BCUT2D eigenvalue weighted by Crippen LogP contribution is -2.14. The minimum absolute atomic E-state index is 0.0950. The maximum absolute atomic E-state index is 11.2. The van der Waals surface area contributed by atoms with Gasteiger partial charge in [0.2, 0.25) is 0 Å². The van der Waals surface area contributed by atoms with Crippen LogP contribution in [0.3, 0.4) is 0 Å². The fourth-order valence-corrected chi connectivity index (χ4v) is 3.29. The highest BCUT2D eigenvalue weighted by Crippen LogP contribution is 2.26. The van der Waals surface area contributed by atoms with Crippen molar-refractivity contribution in [2.24, 2.45) is 5.16 Å². The summed E-state index contributed by atoms with van der Waals surface area (Å²) in [7, 11) is 1.61. The van der Waals surface area contributed by atoms with Crippen LogP contribution in [-0.4, -0.2) is 43.7 Å². The Labute approximate surface area is 211 Å². The largest absolute Gasteiger partial charge is 0.497 e. The second-order valence-corrected chi connectivity index (χ2v) is 7.78. The van der Waals surface area contributed by atoms with Gasteiger partial charge in [-0.1, -0.05) is 24.2 Å². The average molecular weight is 494 g/mol. The lowest BCUT2D eigenvalue weighted by Gasteiger charge is -2.13. The lowest BCUT2D eigenvalue weighted by molar-refractivity contribution is -0.136. The Bertz CT molecular complexity index is 1160. The summed E-state index contributed by atoms with van der Waals surface area (Å²) in [6, 6.07) is 19.9. The van der Waals surface area contributed by atoms with Crippen molar-refractivity contribution in [1.82, 2.24) is 0 Å². The Morgan fingerprint density at radius 2 is 1.58 bits per heavy atom. The molecule has 0 saturated carbocycles. The summed E-state index contributed by atoms with van der Waals surface area (Å²) < 4.78 is 22.8. The molecule has 0 heterocycles. The van der Waals surface area contributed by atoms with E-state index in [0.717, 1.165) is 17.7 Å². The first-order valence-corrected chi connectivity index (χ1v) is 11.7. The summed E-state index contributed by atoms with van der Waals surface area (Å²) in [6.45, 7) is 4.87. The third-order valence-electron chi connectivity index (χ3n) is 4.91. The van der Waals surface area contributed by atoms with Crippen LogP contribution in [0.1, 0.15) is 31.4 Å². The number of nitrogens with zero attached hydrogens (tertiary/aromatic N) is 1. The fraction of sp³-hybridized carbons (Fsp3) is 0.286. The van der Waals surface area contributed by atoms with Gasteiger partial charge in [-0.15, -0.1) is 0 Å². The number of oxime groups is 1. The van der Waals surface area contributed by atoms with Gasteiger partial charge >= 0.3 is 5.97 Å². The highest BCUT2D eigenvalue weighted by Gasteiger charge is 2.12. The Kier molecular flexibility index (Phi) is 10.00. The van der Waals surface area contributed by atoms with Gasteiger partial charge in [0, 0.05) is 11.6 Å². The monoisotopic (exact) mass is 493 g/mol. The molecule has 0 amide bonds. The number of carbonyl (C=O) groups is 1. The van der Waals surface area contributed by atoms with Crippen LogP contribution in [0.25, 0.3) is 0 Å². The van der Waals surface area contributed by atoms with Gasteiger partial charge in [0.15, 0.2) is 0 Å². The van der Waals surface area contributed by atoms with Crippen LogP contribution < -0.4 is 18.9 Å². The summed E-state index contributed by atoms with van der Waals surface area (Å²) in [5.41, 5.74) is 1.91. The molecule has 0 aliphatic heterocycles. The highest BCUT2D eigenvalue weighted by atomic mass is 16.6. The maximum Gasteiger partial charge on any atom is 0.307 e. The van der Waals surface area contributed by atoms with Crippen molar-refractivity contribution in [2.75, 3.05) is 26.9 Å². The minimum atomic E-state index is -0.932. The molecule has 0 unspecified atom stereocenters. The molecule has 190 valence electrons.